The minimum Gasteiger partial charge on any atom is -0.369 e. The Morgan fingerprint density at radius 3 is 2.90 bits per heavy atom. The summed E-state index contributed by atoms with van der Waals surface area (Å²) in [7, 11) is 1.96. The average Bonchev–Trinajstić information content (AvgIpc) is 3.12. The molecule has 4 N–H and O–H groups in total. The van der Waals surface area contributed by atoms with E-state index >= 15 is 0 Å². The molecular formula is C21H25ClN6O. The molecule has 1 fully saturated rings. The Hall–Kier alpha value is -2.64. The number of aromatic amines is 1. The third kappa shape index (κ3) is 4.52. The molecule has 0 unspecified atom stereocenters. The Bertz CT molecular complexity index is 1010. The lowest BCUT2D eigenvalue weighted by Gasteiger charge is -2.34. The molecule has 1 aliphatic rings. The summed E-state index contributed by atoms with van der Waals surface area (Å²) in [6.07, 6.45) is 7.77. The maximum atomic E-state index is 11.1. The van der Waals surface area contributed by atoms with E-state index in [1.165, 1.54) is 0 Å². The number of anilines is 1. The van der Waals surface area contributed by atoms with Gasteiger partial charge in [-0.05, 0) is 62.6 Å². The number of aromatic nitrogens is 3. The van der Waals surface area contributed by atoms with Gasteiger partial charge < -0.3 is 16.0 Å². The molecule has 0 bridgehead atoms. The third-order valence-corrected chi connectivity index (χ3v) is 5.83. The van der Waals surface area contributed by atoms with Crippen LogP contribution in [0.3, 0.4) is 0 Å². The predicted octanol–water partition coefficient (Wildman–Crippen LogP) is 3.42. The van der Waals surface area contributed by atoms with Gasteiger partial charge in [-0.3, -0.25) is 9.69 Å². The second-order valence-electron chi connectivity index (χ2n) is 7.70. The van der Waals surface area contributed by atoms with Crippen LogP contribution >= 0.6 is 11.6 Å². The molecule has 0 radical (unpaired) electrons. The van der Waals surface area contributed by atoms with Gasteiger partial charge in [0.2, 0.25) is 5.91 Å². The van der Waals surface area contributed by atoms with E-state index in [2.05, 4.69) is 25.2 Å². The van der Waals surface area contributed by atoms with Crippen LogP contribution < -0.4 is 11.1 Å². The molecule has 1 aliphatic carbocycles. The van der Waals surface area contributed by atoms with E-state index in [9.17, 15) is 4.79 Å². The summed E-state index contributed by atoms with van der Waals surface area (Å²) in [5.74, 6) is 0.496. The summed E-state index contributed by atoms with van der Waals surface area (Å²) >= 11 is 6.32. The molecule has 152 valence electrons. The Morgan fingerprint density at radius 2 is 2.14 bits per heavy atom. The predicted molar refractivity (Wildman–Crippen MR) is 116 cm³/mol. The highest BCUT2D eigenvalue weighted by Gasteiger charge is 2.25. The zero-order valence-corrected chi connectivity index (χ0v) is 17.1. The van der Waals surface area contributed by atoms with Crippen LogP contribution in [0.15, 0.2) is 36.7 Å². The maximum absolute atomic E-state index is 11.1. The minimum absolute atomic E-state index is 0.282. The topological polar surface area (TPSA) is 99.9 Å². The van der Waals surface area contributed by atoms with Crippen molar-refractivity contribution in [2.75, 3.05) is 18.9 Å². The first-order valence-corrected chi connectivity index (χ1v) is 10.2. The number of rotatable bonds is 6. The number of halogens is 1. The molecule has 8 heteroatoms. The number of carbonyl (C=O) groups excluding carboxylic acids is 1. The number of hydrogen-bond donors (Lipinski definition) is 3. The van der Waals surface area contributed by atoms with E-state index < -0.39 is 0 Å². The van der Waals surface area contributed by atoms with Gasteiger partial charge in [-0.1, -0.05) is 11.6 Å². The number of carbonyl (C=O) groups is 1. The van der Waals surface area contributed by atoms with Gasteiger partial charge in [-0.25, -0.2) is 9.97 Å². The highest BCUT2D eigenvalue weighted by molar-refractivity contribution is 6.29. The van der Waals surface area contributed by atoms with Crippen molar-refractivity contribution in [2.24, 2.45) is 5.73 Å². The van der Waals surface area contributed by atoms with E-state index in [1.807, 2.05) is 37.5 Å². The molecule has 3 heterocycles. The summed E-state index contributed by atoms with van der Waals surface area (Å²) < 4.78 is 0. The van der Waals surface area contributed by atoms with Gasteiger partial charge in [0.15, 0.2) is 0 Å². The Labute approximate surface area is 174 Å². The molecule has 0 aliphatic heterocycles. The first kappa shape index (κ1) is 19.7. The number of nitrogens with zero attached hydrogens (tertiary/aromatic N) is 3. The fourth-order valence-corrected chi connectivity index (χ4v) is 4.37. The van der Waals surface area contributed by atoms with Crippen LogP contribution in [0.1, 0.15) is 25.7 Å². The van der Waals surface area contributed by atoms with Crippen molar-refractivity contribution < 1.29 is 4.79 Å². The van der Waals surface area contributed by atoms with Crippen LogP contribution in [-0.2, 0) is 4.79 Å². The van der Waals surface area contributed by atoms with Crippen molar-refractivity contribution in [1.29, 1.82) is 0 Å². The van der Waals surface area contributed by atoms with Crippen LogP contribution in [0.2, 0.25) is 5.15 Å². The SMILES string of the molecule is CN(CC(N)=O)[C@H]1CC[C@H](Nc2cc(-c3c[nH]c4ncccc34)cc(Cl)n2)CC1. The van der Waals surface area contributed by atoms with Crippen molar-refractivity contribution in [2.45, 2.75) is 37.8 Å². The van der Waals surface area contributed by atoms with Crippen molar-refractivity contribution in [3.63, 3.8) is 0 Å². The largest absolute Gasteiger partial charge is 0.369 e. The molecule has 1 amide bonds. The monoisotopic (exact) mass is 412 g/mol. The van der Waals surface area contributed by atoms with Gasteiger partial charge in [0.1, 0.15) is 16.6 Å². The molecule has 29 heavy (non-hydrogen) atoms. The Morgan fingerprint density at radius 1 is 1.34 bits per heavy atom. The number of primary amides is 1. The summed E-state index contributed by atoms with van der Waals surface area (Å²) in [6.45, 7) is 0.307. The fourth-order valence-electron chi connectivity index (χ4n) is 4.17. The second-order valence-corrected chi connectivity index (χ2v) is 8.08. The number of likely N-dealkylation sites (N-methyl/N-ethyl adjacent to an activating group) is 1. The molecule has 0 saturated heterocycles. The van der Waals surface area contributed by atoms with Crippen molar-refractivity contribution in [3.05, 3.63) is 41.8 Å². The lowest BCUT2D eigenvalue weighted by molar-refractivity contribution is -0.119. The van der Waals surface area contributed by atoms with Gasteiger partial charge in [0.05, 0.1) is 6.54 Å². The van der Waals surface area contributed by atoms with Gasteiger partial charge >= 0.3 is 0 Å². The number of amides is 1. The van der Waals surface area contributed by atoms with Crippen molar-refractivity contribution >= 4 is 34.4 Å². The van der Waals surface area contributed by atoms with Crippen LogP contribution in [0.25, 0.3) is 22.2 Å². The van der Waals surface area contributed by atoms with Crippen LogP contribution in [-0.4, -0.2) is 51.4 Å². The lowest BCUT2D eigenvalue weighted by atomic mass is 9.90. The minimum atomic E-state index is -0.282. The third-order valence-electron chi connectivity index (χ3n) is 5.63. The molecular weight excluding hydrogens is 388 g/mol. The number of fused-ring (bicyclic) bond motifs is 1. The summed E-state index contributed by atoms with van der Waals surface area (Å²) in [5.41, 5.74) is 8.22. The average molecular weight is 413 g/mol. The molecule has 1 saturated carbocycles. The molecule has 0 spiro atoms. The van der Waals surface area contributed by atoms with E-state index in [1.54, 1.807) is 6.20 Å². The van der Waals surface area contributed by atoms with E-state index in [-0.39, 0.29) is 5.91 Å². The smallest absolute Gasteiger partial charge is 0.231 e. The molecule has 4 rings (SSSR count). The zero-order chi connectivity index (χ0) is 20.4. The molecule has 0 aromatic carbocycles. The standard InChI is InChI=1S/C21H25ClN6O/c1-28(12-19(23)29)15-6-4-14(5-7-15)26-20-10-13(9-18(22)27-20)17-11-25-21-16(17)3-2-8-24-21/h2-3,8-11,14-15H,4-7,12H2,1H3,(H2,23,29)(H,24,25)(H,26,27)/t14-,15-. The van der Waals surface area contributed by atoms with Crippen molar-refractivity contribution in [3.8, 4) is 11.1 Å². The van der Waals surface area contributed by atoms with Crippen LogP contribution in [0, 0.1) is 0 Å². The number of pyridine rings is 2. The van der Waals surface area contributed by atoms with E-state index in [0.717, 1.165) is 53.7 Å². The summed E-state index contributed by atoms with van der Waals surface area (Å²) in [5, 5.41) is 5.05. The van der Waals surface area contributed by atoms with Gasteiger partial charge in [-0.15, -0.1) is 0 Å². The first-order chi connectivity index (χ1) is 14.0. The van der Waals surface area contributed by atoms with E-state index in [4.69, 9.17) is 17.3 Å². The Kier molecular flexibility index (Phi) is 5.69. The Balaban J connectivity index is 1.46. The molecule has 3 aromatic heterocycles. The van der Waals surface area contributed by atoms with Crippen LogP contribution in [0.4, 0.5) is 5.82 Å². The number of nitrogens with two attached hydrogens (primary N) is 1. The first-order valence-electron chi connectivity index (χ1n) is 9.85. The quantitative estimate of drug-likeness (QED) is 0.538. The number of H-pyrrole nitrogens is 1. The maximum Gasteiger partial charge on any atom is 0.231 e. The fraction of sp³-hybridized carbons (Fsp3) is 0.381. The molecule has 0 atom stereocenters. The lowest BCUT2D eigenvalue weighted by Crippen LogP contribution is -2.42. The molecule has 3 aromatic rings. The molecule has 7 nitrogen and oxygen atoms in total. The highest BCUT2D eigenvalue weighted by atomic mass is 35.5. The number of hydrogen-bond acceptors (Lipinski definition) is 5. The van der Waals surface area contributed by atoms with Crippen LogP contribution in [0.5, 0.6) is 0 Å². The second kappa shape index (κ2) is 8.39. The van der Waals surface area contributed by atoms with E-state index in [0.29, 0.717) is 23.8 Å². The highest BCUT2D eigenvalue weighted by Crippen LogP contribution is 2.31. The zero-order valence-electron chi connectivity index (χ0n) is 16.4. The van der Waals surface area contributed by atoms with Gasteiger partial charge in [0, 0.05) is 35.4 Å². The van der Waals surface area contributed by atoms with Crippen molar-refractivity contribution in [1.82, 2.24) is 19.9 Å². The number of nitrogens with one attached hydrogen (secondary N) is 2. The van der Waals surface area contributed by atoms with Gasteiger partial charge in [0.25, 0.3) is 0 Å². The summed E-state index contributed by atoms with van der Waals surface area (Å²) in [4.78, 5) is 25.2. The summed E-state index contributed by atoms with van der Waals surface area (Å²) in [6, 6.07) is 8.60. The normalized spacial score (nSPS) is 19.6. The van der Waals surface area contributed by atoms with Gasteiger partial charge in [-0.2, -0.15) is 0 Å².